The number of rotatable bonds is 16. The van der Waals surface area contributed by atoms with Crippen molar-refractivity contribution >= 4 is 34.1 Å². The molecule has 368 valence electrons. The van der Waals surface area contributed by atoms with Crippen LogP contribution in [0.2, 0.25) is 0 Å². The van der Waals surface area contributed by atoms with Crippen LogP contribution in [0.4, 0.5) is 34.1 Å². The number of benzene rings is 12. The summed E-state index contributed by atoms with van der Waals surface area (Å²) >= 11 is 0. The van der Waals surface area contributed by atoms with Gasteiger partial charge in [0, 0.05) is 40.0 Å². The Hall–Kier alpha value is -9.76. The van der Waals surface area contributed by atoms with Crippen LogP contribution in [0.3, 0.4) is 0 Å². The Morgan fingerprint density at radius 2 is 0.442 bits per heavy atom. The fourth-order valence-corrected chi connectivity index (χ4v) is 10.6. The third kappa shape index (κ3) is 11.2. The molecule has 0 N–H and O–H groups in total. The molecule has 0 aromatic heterocycles. The summed E-state index contributed by atoms with van der Waals surface area (Å²) in [5.74, 6) is 0.222. The zero-order chi connectivity index (χ0) is 51.6. The monoisotopic (exact) mass is 986 g/mol. The quantitative estimate of drug-likeness (QED) is 0.0952. The minimum absolute atomic E-state index is 0.222. The molecule has 12 aromatic rings. The summed E-state index contributed by atoms with van der Waals surface area (Å²) in [5.41, 5.74) is 22.8. The molecule has 0 amide bonds. The molecular weight excluding hydrogens is 929 g/mol. The van der Waals surface area contributed by atoms with Gasteiger partial charge in [0.1, 0.15) is 0 Å². The Morgan fingerprint density at radius 3 is 0.818 bits per heavy atom. The molecule has 0 saturated heterocycles. The van der Waals surface area contributed by atoms with Crippen LogP contribution in [-0.4, -0.2) is 0 Å². The summed E-state index contributed by atoms with van der Waals surface area (Å²) in [6, 6.07) is 116. The van der Waals surface area contributed by atoms with Gasteiger partial charge in [0.15, 0.2) is 0 Å². The first kappa shape index (κ1) is 48.2. The van der Waals surface area contributed by atoms with Crippen molar-refractivity contribution in [2.45, 2.75) is 18.8 Å². The number of nitrogens with zero attached hydrogens (tertiary/aromatic N) is 2. The number of anilines is 6. The maximum Gasteiger partial charge on any atom is 0.0462 e. The smallest absolute Gasteiger partial charge is 0.0462 e. The molecule has 0 radical (unpaired) electrons. The summed E-state index contributed by atoms with van der Waals surface area (Å²) in [4.78, 5) is 4.65. The molecule has 0 heterocycles. The average molecular weight is 987 g/mol. The number of para-hydroxylation sites is 2. The molecule has 0 aliphatic heterocycles. The molecule has 2 heteroatoms. The first-order valence-electron chi connectivity index (χ1n) is 26.7. The second kappa shape index (κ2) is 22.8. The molecule has 0 aliphatic rings. The van der Waals surface area contributed by atoms with E-state index < -0.39 is 0 Å². The summed E-state index contributed by atoms with van der Waals surface area (Å²) < 4.78 is 0. The van der Waals surface area contributed by atoms with Gasteiger partial charge in [0.2, 0.25) is 0 Å². The van der Waals surface area contributed by atoms with E-state index in [2.05, 4.69) is 331 Å². The SMILES string of the molecule is c1ccc(Cc2ccc(-c3ccc(CC(c4ccccc4)c4ccc(-c5ccc(N(c6ccccc6)c6ccc(-c7ccc(N(c8ccccc8)c8ccc(-c9ccccc9)cc8)cc7)cc6)cc5)cc4)cc3)cc2)cc1. The predicted octanol–water partition coefficient (Wildman–Crippen LogP) is 20.3. The van der Waals surface area contributed by atoms with E-state index in [1.54, 1.807) is 0 Å². The highest BCUT2D eigenvalue weighted by molar-refractivity contribution is 5.82. The first-order chi connectivity index (χ1) is 38.1. The van der Waals surface area contributed by atoms with Gasteiger partial charge in [-0.15, -0.1) is 0 Å². The topological polar surface area (TPSA) is 6.48 Å². The standard InChI is InChI=1S/C75H58N2/c1-6-16-56(17-7-1)54-57-26-30-60(31-27-57)61-32-28-58(29-33-61)55-75(67-20-10-3-11-21-67)68-36-34-62(35-37-68)64-40-48-72(49-41-64)77(70-24-14-5-15-25-70)74-52-44-66(45-53-74)65-42-50-73(51-43-65)76(69-22-12-4-13-23-69)71-46-38-63(39-47-71)59-18-8-2-9-19-59/h1-53,75H,54-55H2. The van der Waals surface area contributed by atoms with Crippen molar-refractivity contribution in [3.05, 3.63) is 349 Å². The number of hydrogen-bond acceptors (Lipinski definition) is 2. The Kier molecular flexibility index (Phi) is 14.3. The molecule has 0 spiro atoms. The summed E-state index contributed by atoms with van der Waals surface area (Å²) in [5, 5.41) is 0. The lowest BCUT2D eigenvalue weighted by Gasteiger charge is -2.26. The molecule has 2 nitrogen and oxygen atoms in total. The molecule has 1 unspecified atom stereocenters. The van der Waals surface area contributed by atoms with Crippen LogP contribution in [0.15, 0.2) is 322 Å². The van der Waals surface area contributed by atoms with Crippen molar-refractivity contribution in [2.24, 2.45) is 0 Å². The molecule has 12 rings (SSSR count). The van der Waals surface area contributed by atoms with Gasteiger partial charge in [-0.05, 0) is 158 Å². The van der Waals surface area contributed by atoms with Crippen LogP contribution in [0.1, 0.15) is 33.7 Å². The largest absolute Gasteiger partial charge is 0.311 e. The minimum Gasteiger partial charge on any atom is -0.311 e. The first-order valence-corrected chi connectivity index (χ1v) is 26.7. The molecule has 77 heavy (non-hydrogen) atoms. The van der Waals surface area contributed by atoms with Crippen LogP contribution in [-0.2, 0) is 12.8 Å². The Morgan fingerprint density at radius 1 is 0.195 bits per heavy atom. The minimum atomic E-state index is 0.222. The Labute approximate surface area is 454 Å². The normalized spacial score (nSPS) is 11.4. The van der Waals surface area contributed by atoms with E-state index in [4.69, 9.17) is 0 Å². The lowest BCUT2D eigenvalue weighted by molar-refractivity contribution is 0.805. The van der Waals surface area contributed by atoms with E-state index >= 15 is 0 Å². The van der Waals surface area contributed by atoms with Crippen molar-refractivity contribution in [1.82, 2.24) is 0 Å². The third-order valence-electron chi connectivity index (χ3n) is 14.8. The lowest BCUT2D eigenvalue weighted by atomic mass is 9.85. The van der Waals surface area contributed by atoms with Gasteiger partial charge in [-0.25, -0.2) is 0 Å². The molecular formula is C75H58N2. The highest BCUT2D eigenvalue weighted by Crippen LogP contribution is 2.40. The predicted molar refractivity (Wildman–Crippen MR) is 325 cm³/mol. The second-order valence-electron chi connectivity index (χ2n) is 19.7. The van der Waals surface area contributed by atoms with E-state index in [9.17, 15) is 0 Å². The van der Waals surface area contributed by atoms with Crippen molar-refractivity contribution in [1.29, 1.82) is 0 Å². The summed E-state index contributed by atoms with van der Waals surface area (Å²) in [6.45, 7) is 0. The van der Waals surface area contributed by atoms with Gasteiger partial charge >= 0.3 is 0 Å². The maximum absolute atomic E-state index is 2.33. The Balaban J connectivity index is 0.749. The maximum atomic E-state index is 2.33. The van der Waals surface area contributed by atoms with Gasteiger partial charge in [0.05, 0.1) is 0 Å². The van der Waals surface area contributed by atoms with Crippen LogP contribution in [0.5, 0.6) is 0 Å². The van der Waals surface area contributed by atoms with E-state index in [-0.39, 0.29) is 5.92 Å². The fourth-order valence-electron chi connectivity index (χ4n) is 10.6. The zero-order valence-corrected chi connectivity index (χ0v) is 43.0. The molecule has 0 saturated carbocycles. The highest BCUT2D eigenvalue weighted by atomic mass is 15.1. The molecule has 0 fully saturated rings. The van der Waals surface area contributed by atoms with E-state index in [1.165, 1.54) is 61.2 Å². The van der Waals surface area contributed by atoms with Crippen molar-refractivity contribution in [3.63, 3.8) is 0 Å². The molecule has 0 aliphatic carbocycles. The van der Waals surface area contributed by atoms with Gasteiger partial charge < -0.3 is 9.80 Å². The zero-order valence-electron chi connectivity index (χ0n) is 43.0. The van der Waals surface area contributed by atoms with Crippen molar-refractivity contribution in [2.75, 3.05) is 9.80 Å². The molecule has 12 aromatic carbocycles. The molecule has 1 atom stereocenters. The number of hydrogen-bond donors (Lipinski definition) is 0. The van der Waals surface area contributed by atoms with Crippen LogP contribution < -0.4 is 9.80 Å². The van der Waals surface area contributed by atoms with Crippen LogP contribution >= 0.6 is 0 Å². The van der Waals surface area contributed by atoms with Crippen molar-refractivity contribution < 1.29 is 0 Å². The summed E-state index contributed by atoms with van der Waals surface area (Å²) in [7, 11) is 0. The van der Waals surface area contributed by atoms with Crippen LogP contribution in [0.25, 0.3) is 44.5 Å². The fraction of sp³-hybridized carbons (Fsp3) is 0.0400. The van der Waals surface area contributed by atoms with Gasteiger partial charge in [-0.1, -0.05) is 249 Å². The summed E-state index contributed by atoms with van der Waals surface area (Å²) in [6.07, 6.45) is 1.86. The van der Waals surface area contributed by atoms with E-state index in [0.717, 1.165) is 58.1 Å². The van der Waals surface area contributed by atoms with Gasteiger partial charge in [-0.2, -0.15) is 0 Å². The Bertz CT molecular complexity index is 3750. The third-order valence-corrected chi connectivity index (χ3v) is 14.8. The van der Waals surface area contributed by atoms with Crippen LogP contribution in [0, 0.1) is 0 Å². The van der Waals surface area contributed by atoms with E-state index in [0.29, 0.717) is 0 Å². The second-order valence-corrected chi connectivity index (χ2v) is 19.7. The highest BCUT2D eigenvalue weighted by Gasteiger charge is 2.18. The molecule has 0 bridgehead atoms. The average Bonchev–Trinajstić information content (AvgIpc) is 3.52. The van der Waals surface area contributed by atoms with Crippen molar-refractivity contribution in [3.8, 4) is 44.5 Å². The lowest BCUT2D eigenvalue weighted by Crippen LogP contribution is -2.10. The van der Waals surface area contributed by atoms with E-state index in [1.807, 2.05) is 0 Å². The van der Waals surface area contributed by atoms with Gasteiger partial charge in [-0.3, -0.25) is 0 Å². The van der Waals surface area contributed by atoms with Gasteiger partial charge in [0.25, 0.3) is 0 Å².